The number of carbonyl (C=O) groups excluding carboxylic acids is 1. The molecule has 0 radical (unpaired) electrons. The van der Waals surface area contributed by atoms with Gasteiger partial charge in [0.15, 0.2) is 5.78 Å². The van der Waals surface area contributed by atoms with E-state index >= 15 is 0 Å². The minimum absolute atomic E-state index is 0.0267. The Morgan fingerprint density at radius 2 is 1.93 bits per heavy atom. The Bertz CT molecular complexity index is 341. The summed E-state index contributed by atoms with van der Waals surface area (Å²) in [6.07, 6.45) is 2.67. The third-order valence-electron chi connectivity index (χ3n) is 2.37. The minimum Gasteiger partial charge on any atom is -0.388 e. The van der Waals surface area contributed by atoms with Crippen molar-refractivity contribution < 1.29 is 9.90 Å². The van der Waals surface area contributed by atoms with Gasteiger partial charge < -0.3 is 5.11 Å². The van der Waals surface area contributed by atoms with E-state index in [0.29, 0.717) is 5.56 Å². The van der Waals surface area contributed by atoms with Crippen molar-refractivity contribution in [2.45, 2.75) is 20.0 Å². The van der Waals surface area contributed by atoms with Crippen LogP contribution in [-0.2, 0) is 0 Å². The summed E-state index contributed by atoms with van der Waals surface area (Å²) in [6.45, 7) is 3.56. The second kappa shape index (κ2) is 5.47. The Hall–Kier alpha value is -1.41. The van der Waals surface area contributed by atoms with Crippen molar-refractivity contribution in [3.05, 3.63) is 48.0 Å². The van der Waals surface area contributed by atoms with E-state index in [1.165, 1.54) is 0 Å². The van der Waals surface area contributed by atoms with Crippen molar-refractivity contribution in [3.63, 3.8) is 0 Å². The van der Waals surface area contributed by atoms with E-state index in [9.17, 15) is 9.90 Å². The maximum absolute atomic E-state index is 11.9. The third-order valence-corrected chi connectivity index (χ3v) is 2.37. The number of rotatable bonds is 4. The maximum atomic E-state index is 11.9. The van der Waals surface area contributed by atoms with Crippen molar-refractivity contribution in [2.24, 2.45) is 5.92 Å². The van der Waals surface area contributed by atoms with E-state index in [-0.39, 0.29) is 5.78 Å². The summed E-state index contributed by atoms with van der Waals surface area (Å²) in [4.78, 5) is 11.9. The molecular formula is C13H16O2. The van der Waals surface area contributed by atoms with Gasteiger partial charge in [0.2, 0.25) is 0 Å². The van der Waals surface area contributed by atoms with Gasteiger partial charge in [0, 0.05) is 11.5 Å². The number of carbonyl (C=O) groups is 1. The van der Waals surface area contributed by atoms with Gasteiger partial charge in [0.1, 0.15) is 0 Å². The molecule has 1 aromatic rings. The van der Waals surface area contributed by atoms with Gasteiger partial charge in [-0.2, -0.15) is 0 Å². The predicted molar refractivity (Wildman–Crippen MR) is 60.8 cm³/mol. The molecule has 0 aliphatic rings. The highest BCUT2D eigenvalue weighted by Gasteiger charge is 2.20. The monoisotopic (exact) mass is 204 g/mol. The van der Waals surface area contributed by atoms with Crippen molar-refractivity contribution in [2.75, 3.05) is 0 Å². The van der Waals surface area contributed by atoms with Crippen molar-refractivity contribution in [1.82, 2.24) is 0 Å². The SMILES string of the molecule is C/C=C/[C@@H](O)[C@@H](C)C(=O)c1ccccc1. The third kappa shape index (κ3) is 3.03. The molecule has 1 rings (SSSR count). The lowest BCUT2D eigenvalue weighted by Gasteiger charge is -2.14. The summed E-state index contributed by atoms with van der Waals surface area (Å²) < 4.78 is 0. The highest BCUT2D eigenvalue weighted by atomic mass is 16.3. The summed E-state index contributed by atoms with van der Waals surface area (Å²) in [5.74, 6) is -0.426. The van der Waals surface area contributed by atoms with Crippen molar-refractivity contribution in [3.8, 4) is 0 Å². The summed E-state index contributed by atoms with van der Waals surface area (Å²) in [6, 6.07) is 9.04. The van der Waals surface area contributed by atoms with E-state index in [1.54, 1.807) is 31.2 Å². The second-order valence-electron chi connectivity index (χ2n) is 3.54. The average molecular weight is 204 g/mol. The molecule has 0 spiro atoms. The first-order valence-electron chi connectivity index (χ1n) is 5.07. The number of aliphatic hydroxyl groups excluding tert-OH is 1. The van der Waals surface area contributed by atoms with Gasteiger partial charge in [-0.15, -0.1) is 0 Å². The molecule has 2 nitrogen and oxygen atoms in total. The molecule has 0 aliphatic carbocycles. The smallest absolute Gasteiger partial charge is 0.168 e. The molecule has 80 valence electrons. The number of Topliss-reactive ketones (excluding diaryl/α,β-unsaturated/α-hetero) is 1. The van der Waals surface area contributed by atoms with Crippen LogP contribution in [0, 0.1) is 5.92 Å². The number of hydrogen-bond acceptors (Lipinski definition) is 2. The molecule has 15 heavy (non-hydrogen) atoms. The average Bonchev–Trinajstić information content (AvgIpc) is 2.28. The number of aliphatic hydroxyl groups is 1. The van der Waals surface area contributed by atoms with Crippen LogP contribution in [0.3, 0.4) is 0 Å². The molecule has 0 amide bonds. The lowest BCUT2D eigenvalue weighted by Crippen LogP contribution is -2.23. The Morgan fingerprint density at radius 1 is 1.33 bits per heavy atom. The second-order valence-corrected chi connectivity index (χ2v) is 3.54. The Labute approximate surface area is 90.3 Å². The standard InChI is InChI=1S/C13H16O2/c1-3-7-12(14)10(2)13(15)11-8-5-4-6-9-11/h3-10,12,14H,1-2H3/b7-3+/t10-,12-/m1/s1. The van der Waals surface area contributed by atoms with Gasteiger partial charge in [0.05, 0.1) is 6.10 Å². The van der Waals surface area contributed by atoms with Crippen LogP contribution in [0.15, 0.2) is 42.5 Å². The lowest BCUT2D eigenvalue weighted by molar-refractivity contribution is 0.0805. The lowest BCUT2D eigenvalue weighted by atomic mass is 9.94. The van der Waals surface area contributed by atoms with Gasteiger partial charge in [-0.3, -0.25) is 4.79 Å². The van der Waals surface area contributed by atoms with E-state index in [4.69, 9.17) is 0 Å². The zero-order valence-electron chi connectivity index (χ0n) is 9.05. The topological polar surface area (TPSA) is 37.3 Å². The number of benzene rings is 1. The normalized spacial score (nSPS) is 15.1. The number of ketones is 1. The first-order valence-corrected chi connectivity index (χ1v) is 5.07. The van der Waals surface area contributed by atoms with E-state index in [2.05, 4.69) is 0 Å². The van der Waals surface area contributed by atoms with Gasteiger partial charge in [-0.25, -0.2) is 0 Å². The fourth-order valence-corrected chi connectivity index (χ4v) is 1.38. The summed E-state index contributed by atoms with van der Waals surface area (Å²) >= 11 is 0. The molecular weight excluding hydrogens is 188 g/mol. The van der Waals surface area contributed by atoms with Gasteiger partial charge in [-0.1, -0.05) is 49.4 Å². The Kier molecular flexibility index (Phi) is 4.25. The van der Waals surface area contributed by atoms with Crippen LogP contribution in [0.2, 0.25) is 0 Å². The predicted octanol–water partition coefficient (Wildman–Crippen LogP) is 2.44. The fourth-order valence-electron chi connectivity index (χ4n) is 1.38. The molecule has 0 saturated heterocycles. The summed E-state index contributed by atoms with van der Waals surface area (Å²) in [5.41, 5.74) is 0.647. The summed E-state index contributed by atoms with van der Waals surface area (Å²) in [5, 5.41) is 9.64. The van der Waals surface area contributed by atoms with E-state index in [1.807, 2.05) is 25.1 Å². The molecule has 1 N–H and O–H groups in total. The van der Waals surface area contributed by atoms with Crippen LogP contribution in [0.25, 0.3) is 0 Å². The van der Waals surface area contributed by atoms with E-state index < -0.39 is 12.0 Å². The zero-order valence-corrected chi connectivity index (χ0v) is 9.05. The van der Waals surface area contributed by atoms with Crippen LogP contribution < -0.4 is 0 Å². The summed E-state index contributed by atoms with van der Waals surface area (Å²) in [7, 11) is 0. The maximum Gasteiger partial charge on any atom is 0.168 e. The zero-order chi connectivity index (χ0) is 11.3. The van der Waals surface area contributed by atoms with Crippen LogP contribution in [-0.4, -0.2) is 17.0 Å². The number of allylic oxidation sites excluding steroid dienone is 1. The molecule has 2 atom stereocenters. The molecule has 0 aliphatic heterocycles. The quantitative estimate of drug-likeness (QED) is 0.604. The van der Waals surface area contributed by atoms with Gasteiger partial charge >= 0.3 is 0 Å². The van der Waals surface area contributed by atoms with Crippen LogP contribution in [0.1, 0.15) is 24.2 Å². The van der Waals surface area contributed by atoms with E-state index in [0.717, 1.165) is 0 Å². The van der Waals surface area contributed by atoms with Crippen molar-refractivity contribution >= 4 is 5.78 Å². The highest BCUT2D eigenvalue weighted by molar-refractivity contribution is 5.98. The van der Waals surface area contributed by atoms with Crippen molar-refractivity contribution in [1.29, 1.82) is 0 Å². The van der Waals surface area contributed by atoms with Crippen LogP contribution in [0.5, 0.6) is 0 Å². The largest absolute Gasteiger partial charge is 0.388 e. The molecule has 0 unspecified atom stereocenters. The van der Waals surface area contributed by atoms with Gasteiger partial charge in [0.25, 0.3) is 0 Å². The highest BCUT2D eigenvalue weighted by Crippen LogP contribution is 2.13. The minimum atomic E-state index is -0.706. The first kappa shape index (κ1) is 11.7. The Morgan fingerprint density at radius 3 is 2.47 bits per heavy atom. The molecule has 0 aromatic heterocycles. The number of hydrogen-bond donors (Lipinski definition) is 1. The fraction of sp³-hybridized carbons (Fsp3) is 0.308. The molecule has 2 heteroatoms. The van der Waals surface area contributed by atoms with Crippen LogP contribution >= 0.6 is 0 Å². The molecule has 0 saturated carbocycles. The first-order chi connectivity index (χ1) is 7.16. The van der Waals surface area contributed by atoms with Gasteiger partial charge in [-0.05, 0) is 6.92 Å². The molecule has 0 bridgehead atoms. The Balaban J connectivity index is 2.77. The molecule has 0 heterocycles. The molecule has 1 aromatic carbocycles. The van der Waals surface area contributed by atoms with Crippen LogP contribution in [0.4, 0.5) is 0 Å². The molecule has 0 fully saturated rings.